The summed E-state index contributed by atoms with van der Waals surface area (Å²) in [5, 5.41) is 13.4. The fraction of sp³-hybridized carbons (Fsp3) is 0.625. The molecule has 0 aromatic heterocycles. The molecule has 0 heterocycles. The largest absolute Gasteiger partial charge is 0.395 e. The highest BCUT2D eigenvalue weighted by atomic mass is 35.5. The summed E-state index contributed by atoms with van der Waals surface area (Å²) in [6.45, 7) is 1.62. The zero-order valence-electron chi connectivity index (χ0n) is 12.2. The summed E-state index contributed by atoms with van der Waals surface area (Å²) in [5.74, 6) is 0. The molecule has 0 amide bonds. The smallest absolute Gasteiger partial charge is 0.0643 e. The lowest BCUT2D eigenvalue weighted by molar-refractivity contribution is 0.290. The van der Waals surface area contributed by atoms with Crippen LogP contribution in [0.1, 0.15) is 37.7 Å². The molecule has 20 heavy (non-hydrogen) atoms. The van der Waals surface area contributed by atoms with E-state index in [4.69, 9.17) is 11.6 Å². The molecule has 0 radical (unpaired) electrons. The molecule has 1 aromatic rings. The third-order valence-corrected chi connectivity index (χ3v) is 4.39. The van der Waals surface area contributed by atoms with Crippen molar-refractivity contribution in [1.82, 2.24) is 5.32 Å². The van der Waals surface area contributed by atoms with Crippen LogP contribution in [0, 0.1) is 0 Å². The average molecular weight is 297 g/mol. The van der Waals surface area contributed by atoms with Gasteiger partial charge in [0.05, 0.1) is 17.3 Å². The fourth-order valence-electron chi connectivity index (χ4n) is 3.19. The summed E-state index contributed by atoms with van der Waals surface area (Å²) < 4.78 is 0. The van der Waals surface area contributed by atoms with E-state index in [1.807, 2.05) is 19.2 Å². The minimum atomic E-state index is 0.167. The van der Waals surface area contributed by atoms with Crippen LogP contribution in [0.5, 0.6) is 0 Å². The van der Waals surface area contributed by atoms with Gasteiger partial charge in [-0.15, -0.1) is 0 Å². The van der Waals surface area contributed by atoms with Crippen LogP contribution in [0.2, 0.25) is 5.02 Å². The van der Waals surface area contributed by atoms with Crippen molar-refractivity contribution in [1.29, 1.82) is 0 Å². The predicted molar refractivity (Wildman–Crippen MR) is 85.5 cm³/mol. The maximum absolute atomic E-state index is 9.44. The Kier molecular flexibility index (Phi) is 6.14. The second-order valence-electron chi connectivity index (χ2n) is 5.49. The number of aliphatic hydroxyl groups is 1. The summed E-state index contributed by atoms with van der Waals surface area (Å²) in [6.07, 6.45) is 6.28. The molecule has 1 aromatic carbocycles. The summed E-state index contributed by atoms with van der Waals surface area (Å²) in [7, 11) is 1.95. The topological polar surface area (TPSA) is 35.5 Å². The fourth-order valence-corrected chi connectivity index (χ4v) is 3.49. The molecule has 3 nitrogen and oxygen atoms in total. The number of halogens is 1. The summed E-state index contributed by atoms with van der Waals surface area (Å²) in [5.41, 5.74) is 2.31. The van der Waals surface area contributed by atoms with E-state index in [0.717, 1.165) is 17.3 Å². The van der Waals surface area contributed by atoms with Gasteiger partial charge in [0.1, 0.15) is 0 Å². The van der Waals surface area contributed by atoms with Gasteiger partial charge in [0.15, 0.2) is 0 Å². The SMILES string of the molecule is CNCc1cccc(Cl)c1N(CCO)C1CCCCC1. The lowest BCUT2D eigenvalue weighted by Gasteiger charge is -2.37. The maximum Gasteiger partial charge on any atom is 0.0643 e. The van der Waals surface area contributed by atoms with E-state index in [1.165, 1.54) is 37.7 Å². The Morgan fingerprint density at radius 1 is 1.30 bits per heavy atom. The molecular weight excluding hydrogens is 272 g/mol. The number of aliphatic hydroxyl groups excluding tert-OH is 1. The zero-order chi connectivity index (χ0) is 14.4. The third kappa shape index (κ3) is 3.66. The molecule has 2 rings (SSSR count). The molecule has 0 atom stereocenters. The Morgan fingerprint density at radius 2 is 2.05 bits per heavy atom. The standard InChI is InChI=1S/C16H25ClN2O/c1-18-12-13-6-5-9-15(17)16(13)19(10-11-20)14-7-3-2-4-8-14/h5-6,9,14,18,20H,2-4,7-8,10-12H2,1H3. The molecule has 1 aliphatic rings. The van der Waals surface area contributed by atoms with Crippen LogP contribution < -0.4 is 10.2 Å². The van der Waals surface area contributed by atoms with Crippen LogP contribution in [-0.2, 0) is 6.54 Å². The van der Waals surface area contributed by atoms with Crippen molar-refractivity contribution in [3.05, 3.63) is 28.8 Å². The first-order valence-corrected chi connectivity index (χ1v) is 7.95. The lowest BCUT2D eigenvalue weighted by Crippen LogP contribution is -2.39. The predicted octanol–water partition coefficient (Wildman–Crippen LogP) is 3.19. The first kappa shape index (κ1) is 15.6. The highest BCUT2D eigenvalue weighted by Gasteiger charge is 2.24. The van der Waals surface area contributed by atoms with Crippen molar-refractivity contribution in [2.45, 2.75) is 44.7 Å². The molecule has 1 aliphatic carbocycles. The molecule has 0 aliphatic heterocycles. The first-order valence-electron chi connectivity index (χ1n) is 7.57. The number of rotatable bonds is 6. The Balaban J connectivity index is 2.31. The van der Waals surface area contributed by atoms with Gasteiger partial charge >= 0.3 is 0 Å². The summed E-state index contributed by atoms with van der Waals surface area (Å²) in [4.78, 5) is 2.33. The van der Waals surface area contributed by atoms with Gasteiger partial charge in [0.25, 0.3) is 0 Å². The van der Waals surface area contributed by atoms with Gasteiger partial charge in [-0.1, -0.05) is 43.0 Å². The third-order valence-electron chi connectivity index (χ3n) is 4.08. The van der Waals surface area contributed by atoms with Gasteiger partial charge in [-0.25, -0.2) is 0 Å². The Hall–Kier alpha value is -0.770. The number of para-hydroxylation sites is 1. The van der Waals surface area contributed by atoms with Gasteiger partial charge in [-0.2, -0.15) is 0 Å². The normalized spacial score (nSPS) is 16.4. The van der Waals surface area contributed by atoms with Crippen LogP contribution in [0.3, 0.4) is 0 Å². The van der Waals surface area contributed by atoms with Crippen LogP contribution in [0.25, 0.3) is 0 Å². The molecule has 0 saturated heterocycles. The number of hydrogen-bond donors (Lipinski definition) is 2. The van der Waals surface area contributed by atoms with Crippen LogP contribution >= 0.6 is 11.6 Å². The molecule has 1 saturated carbocycles. The second-order valence-corrected chi connectivity index (χ2v) is 5.89. The van der Waals surface area contributed by atoms with Gasteiger partial charge in [-0.05, 0) is 31.5 Å². The van der Waals surface area contributed by atoms with Gasteiger partial charge in [-0.3, -0.25) is 0 Å². The van der Waals surface area contributed by atoms with E-state index < -0.39 is 0 Å². The van der Waals surface area contributed by atoms with E-state index in [-0.39, 0.29) is 6.61 Å². The van der Waals surface area contributed by atoms with E-state index in [9.17, 15) is 5.11 Å². The molecule has 1 fully saturated rings. The molecular formula is C16H25ClN2O. The number of nitrogens with one attached hydrogen (secondary N) is 1. The molecule has 0 bridgehead atoms. The minimum Gasteiger partial charge on any atom is -0.395 e. The first-order chi connectivity index (χ1) is 9.77. The quantitative estimate of drug-likeness (QED) is 0.846. The lowest BCUT2D eigenvalue weighted by atomic mass is 9.93. The highest BCUT2D eigenvalue weighted by Crippen LogP contribution is 2.34. The highest BCUT2D eigenvalue weighted by molar-refractivity contribution is 6.33. The number of anilines is 1. The Bertz CT molecular complexity index is 419. The average Bonchev–Trinajstić information content (AvgIpc) is 2.47. The number of benzene rings is 1. The van der Waals surface area contributed by atoms with E-state index >= 15 is 0 Å². The van der Waals surface area contributed by atoms with Gasteiger partial charge < -0.3 is 15.3 Å². The summed E-state index contributed by atoms with van der Waals surface area (Å²) >= 11 is 6.46. The van der Waals surface area contributed by atoms with Crippen molar-refractivity contribution in [3.63, 3.8) is 0 Å². The van der Waals surface area contributed by atoms with Crippen LogP contribution in [0.4, 0.5) is 5.69 Å². The van der Waals surface area contributed by atoms with Gasteiger partial charge in [0, 0.05) is 19.1 Å². The maximum atomic E-state index is 9.44. The minimum absolute atomic E-state index is 0.167. The molecule has 0 unspecified atom stereocenters. The number of hydrogen-bond acceptors (Lipinski definition) is 3. The summed E-state index contributed by atoms with van der Waals surface area (Å²) in [6, 6.07) is 6.57. The van der Waals surface area contributed by atoms with Gasteiger partial charge in [0.2, 0.25) is 0 Å². The van der Waals surface area contributed by atoms with Crippen molar-refractivity contribution in [2.24, 2.45) is 0 Å². The van der Waals surface area contributed by atoms with Crippen molar-refractivity contribution in [2.75, 3.05) is 25.1 Å². The van der Waals surface area contributed by atoms with E-state index in [0.29, 0.717) is 12.6 Å². The molecule has 0 spiro atoms. The van der Waals surface area contributed by atoms with E-state index in [2.05, 4.69) is 16.3 Å². The Labute approximate surface area is 126 Å². The van der Waals surface area contributed by atoms with Crippen LogP contribution in [-0.4, -0.2) is 31.3 Å². The monoisotopic (exact) mass is 296 g/mol. The van der Waals surface area contributed by atoms with E-state index in [1.54, 1.807) is 0 Å². The van der Waals surface area contributed by atoms with Crippen LogP contribution in [0.15, 0.2) is 18.2 Å². The zero-order valence-corrected chi connectivity index (χ0v) is 13.0. The number of nitrogens with zero attached hydrogens (tertiary/aromatic N) is 1. The van der Waals surface area contributed by atoms with Crippen molar-refractivity contribution in [3.8, 4) is 0 Å². The van der Waals surface area contributed by atoms with Crippen molar-refractivity contribution >= 4 is 17.3 Å². The molecule has 2 N–H and O–H groups in total. The molecule has 112 valence electrons. The molecule has 4 heteroatoms. The Morgan fingerprint density at radius 3 is 2.70 bits per heavy atom. The van der Waals surface area contributed by atoms with Crippen molar-refractivity contribution < 1.29 is 5.11 Å². The second kappa shape index (κ2) is 7.87.